The number of aromatic nitrogens is 1. The summed E-state index contributed by atoms with van der Waals surface area (Å²) in [6.45, 7) is 1.90. The molecule has 4 rings (SSSR count). The molecule has 0 radical (unpaired) electrons. The highest BCUT2D eigenvalue weighted by Crippen LogP contribution is 2.30. The number of carbonyl (C=O) groups excluding carboxylic acids is 2. The molecular weight excluding hydrogens is 416 g/mol. The first-order valence-corrected chi connectivity index (χ1v) is 12.0. The van der Waals surface area contributed by atoms with Gasteiger partial charge >= 0.3 is 0 Å². The molecule has 0 unspecified atom stereocenters. The first-order chi connectivity index (χ1) is 14.6. The number of thioether (sulfide) groups is 1. The van der Waals surface area contributed by atoms with Gasteiger partial charge in [-0.15, -0.1) is 23.1 Å². The maximum absolute atomic E-state index is 12.6. The average molecular weight is 441 g/mol. The van der Waals surface area contributed by atoms with Gasteiger partial charge in [0, 0.05) is 24.4 Å². The number of primary amides is 1. The maximum atomic E-state index is 12.6. The third kappa shape index (κ3) is 4.94. The molecule has 156 valence electrons. The number of nitrogens with one attached hydrogen (secondary N) is 1. The molecule has 3 N–H and O–H groups in total. The second-order valence-electron chi connectivity index (χ2n) is 7.26. The van der Waals surface area contributed by atoms with Gasteiger partial charge in [0.1, 0.15) is 5.01 Å². The van der Waals surface area contributed by atoms with Crippen molar-refractivity contribution in [2.24, 2.45) is 5.73 Å². The zero-order valence-electron chi connectivity index (χ0n) is 16.6. The Morgan fingerprint density at radius 2 is 1.93 bits per heavy atom. The Kier molecular flexibility index (Phi) is 6.54. The third-order valence-corrected chi connectivity index (χ3v) is 7.21. The zero-order valence-corrected chi connectivity index (χ0v) is 18.2. The number of amides is 2. The van der Waals surface area contributed by atoms with Crippen LogP contribution in [0.15, 0.2) is 42.5 Å². The van der Waals surface area contributed by atoms with Crippen LogP contribution >= 0.6 is 23.1 Å². The molecule has 0 spiro atoms. The van der Waals surface area contributed by atoms with E-state index in [0.717, 1.165) is 46.8 Å². The lowest BCUT2D eigenvalue weighted by Crippen LogP contribution is -2.30. The number of piperidine rings is 1. The van der Waals surface area contributed by atoms with Gasteiger partial charge in [0.25, 0.3) is 0 Å². The van der Waals surface area contributed by atoms with E-state index in [4.69, 9.17) is 5.73 Å². The van der Waals surface area contributed by atoms with E-state index >= 15 is 0 Å². The number of hydrogen-bond acceptors (Lipinski definition) is 6. The van der Waals surface area contributed by atoms with Crippen molar-refractivity contribution in [2.45, 2.75) is 25.0 Å². The Bertz CT molecular complexity index is 1030. The Morgan fingerprint density at radius 1 is 1.13 bits per heavy atom. The summed E-state index contributed by atoms with van der Waals surface area (Å²) in [4.78, 5) is 31.1. The summed E-state index contributed by atoms with van der Waals surface area (Å²) >= 11 is 3.19. The molecule has 1 aliphatic heterocycles. The number of nitrogens with two attached hydrogens (primary N) is 1. The van der Waals surface area contributed by atoms with Crippen LogP contribution in [0, 0.1) is 0 Å². The van der Waals surface area contributed by atoms with Crippen LogP contribution in [0.25, 0.3) is 10.2 Å². The van der Waals surface area contributed by atoms with E-state index in [2.05, 4.69) is 21.3 Å². The summed E-state index contributed by atoms with van der Waals surface area (Å²) in [5.41, 5.74) is 8.44. The van der Waals surface area contributed by atoms with Gasteiger partial charge in [0.15, 0.2) is 0 Å². The number of carbonyl (C=O) groups is 2. The molecule has 30 heavy (non-hydrogen) atoms. The predicted octanol–water partition coefficient (Wildman–Crippen LogP) is 4.26. The molecule has 0 saturated carbocycles. The molecular formula is C22H24N4O2S2. The summed E-state index contributed by atoms with van der Waals surface area (Å²) in [5, 5.41) is 4.00. The van der Waals surface area contributed by atoms with Crippen LogP contribution in [0.5, 0.6) is 0 Å². The van der Waals surface area contributed by atoms with Crippen molar-refractivity contribution in [3.05, 3.63) is 53.0 Å². The lowest BCUT2D eigenvalue weighted by Gasteiger charge is -2.30. The number of thiazole rings is 1. The molecule has 0 aliphatic carbocycles. The second-order valence-corrected chi connectivity index (χ2v) is 9.36. The van der Waals surface area contributed by atoms with E-state index < -0.39 is 5.91 Å². The van der Waals surface area contributed by atoms with Crippen LogP contribution in [0.1, 0.15) is 34.6 Å². The van der Waals surface area contributed by atoms with E-state index in [1.807, 2.05) is 24.3 Å². The van der Waals surface area contributed by atoms with Crippen molar-refractivity contribution in [3.8, 4) is 0 Å². The molecule has 1 aromatic heterocycles. The van der Waals surface area contributed by atoms with Crippen LogP contribution in [-0.4, -0.2) is 35.6 Å². The van der Waals surface area contributed by atoms with Gasteiger partial charge in [-0.3, -0.25) is 9.59 Å². The normalized spacial score (nSPS) is 14.1. The molecule has 1 saturated heterocycles. The second kappa shape index (κ2) is 9.49. The fourth-order valence-electron chi connectivity index (χ4n) is 3.60. The van der Waals surface area contributed by atoms with Crippen molar-refractivity contribution in [1.82, 2.24) is 4.98 Å². The summed E-state index contributed by atoms with van der Waals surface area (Å²) in [7, 11) is 0. The summed E-state index contributed by atoms with van der Waals surface area (Å²) in [5.74, 6) is 0.408. The number of benzene rings is 2. The molecule has 0 atom stereocenters. The molecule has 2 amide bonds. The number of nitrogens with zero attached hydrogens (tertiary/aromatic N) is 2. The largest absolute Gasteiger partial charge is 0.370 e. The first-order valence-electron chi connectivity index (χ1n) is 10.0. The number of para-hydroxylation sites is 1. The highest BCUT2D eigenvalue weighted by Gasteiger charge is 2.17. The van der Waals surface area contributed by atoms with Crippen molar-refractivity contribution < 1.29 is 9.59 Å². The van der Waals surface area contributed by atoms with Crippen LogP contribution in [-0.2, 0) is 10.5 Å². The van der Waals surface area contributed by atoms with Gasteiger partial charge in [-0.05, 0) is 49.6 Å². The van der Waals surface area contributed by atoms with Gasteiger partial charge in [0.2, 0.25) is 11.8 Å². The Hall–Kier alpha value is -2.58. The first kappa shape index (κ1) is 20.7. The minimum atomic E-state index is -0.499. The topological polar surface area (TPSA) is 88.3 Å². The fourth-order valence-corrected chi connectivity index (χ4v) is 5.45. The monoisotopic (exact) mass is 440 g/mol. The molecule has 1 aliphatic rings. The van der Waals surface area contributed by atoms with E-state index in [-0.39, 0.29) is 5.91 Å². The van der Waals surface area contributed by atoms with E-state index in [1.165, 1.54) is 18.2 Å². The summed E-state index contributed by atoms with van der Waals surface area (Å²) in [6, 6.07) is 13.3. The number of hydrogen-bond donors (Lipinski definition) is 2. The molecule has 3 aromatic rings. The van der Waals surface area contributed by atoms with E-state index in [9.17, 15) is 9.59 Å². The molecule has 2 aromatic carbocycles. The molecule has 6 nitrogen and oxygen atoms in total. The molecule has 0 bridgehead atoms. The van der Waals surface area contributed by atoms with Crippen molar-refractivity contribution in [1.29, 1.82) is 0 Å². The fraction of sp³-hybridized carbons (Fsp3) is 0.318. The van der Waals surface area contributed by atoms with E-state index in [0.29, 0.717) is 22.8 Å². The highest BCUT2D eigenvalue weighted by molar-refractivity contribution is 7.99. The quantitative estimate of drug-likeness (QED) is 0.573. The summed E-state index contributed by atoms with van der Waals surface area (Å²) in [6.07, 6.45) is 3.48. The number of anilines is 2. The van der Waals surface area contributed by atoms with Gasteiger partial charge in [-0.2, -0.15) is 0 Å². The van der Waals surface area contributed by atoms with Gasteiger partial charge in [-0.1, -0.05) is 12.1 Å². The van der Waals surface area contributed by atoms with E-state index in [1.54, 1.807) is 23.5 Å². The summed E-state index contributed by atoms with van der Waals surface area (Å²) < 4.78 is 1.16. The molecule has 1 fully saturated rings. The third-order valence-electron chi connectivity index (χ3n) is 5.05. The van der Waals surface area contributed by atoms with Crippen LogP contribution in [0.4, 0.5) is 11.4 Å². The molecule has 8 heteroatoms. The lowest BCUT2D eigenvalue weighted by molar-refractivity contribution is -0.113. The predicted molar refractivity (Wildman–Crippen MR) is 125 cm³/mol. The number of fused-ring (bicyclic) bond motifs is 1. The van der Waals surface area contributed by atoms with Crippen molar-refractivity contribution in [2.75, 3.05) is 29.1 Å². The Balaban J connectivity index is 1.40. The van der Waals surface area contributed by atoms with Gasteiger partial charge in [-0.25, -0.2) is 4.98 Å². The maximum Gasteiger partial charge on any atom is 0.248 e. The Labute approximate surface area is 183 Å². The SMILES string of the molecule is NC(=O)c1ccc(N2CCCCC2)c(NC(=O)CSCc2nc3ccccc3s2)c1. The van der Waals surface area contributed by atoms with Gasteiger partial charge in [0.05, 0.1) is 27.3 Å². The average Bonchev–Trinajstić information content (AvgIpc) is 3.17. The lowest BCUT2D eigenvalue weighted by atomic mass is 10.1. The van der Waals surface area contributed by atoms with Crippen molar-refractivity contribution in [3.63, 3.8) is 0 Å². The van der Waals surface area contributed by atoms with Crippen LogP contribution < -0.4 is 16.0 Å². The van der Waals surface area contributed by atoms with Crippen LogP contribution in [0.3, 0.4) is 0 Å². The van der Waals surface area contributed by atoms with Gasteiger partial charge < -0.3 is 16.0 Å². The minimum Gasteiger partial charge on any atom is -0.370 e. The molecule has 2 heterocycles. The minimum absolute atomic E-state index is 0.0963. The standard InChI is InChI=1S/C22H24N4O2S2/c23-22(28)15-8-9-18(26-10-4-1-5-11-26)17(12-15)24-20(27)13-29-14-21-25-16-6-2-3-7-19(16)30-21/h2-3,6-9,12H,1,4-5,10-11,13-14H2,(H2,23,28)(H,24,27). The highest BCUT2D eigenvalue weighted by atomic mass is 32.2. The zero-order chi connectivity index (χ0) is 20.9. The smallest absolute Gasteiger partial charge is 0.248 e. The Morgan fingerprint density at radius 3 is 2.70 bits per heavy atom. The van der Waals surface area contributed by atoms with Crippen molar-refractivity contribution >= 4 is 56.5 Å². The number of rotatable bonds is 7. The van der Waals surface area contributed by atoms with Crippen LogP contribution in [0.2, 0.25) is 0 Å².